The van der Waals surface area contributed by atoms with E-state index in [4.69, 9.17) is 0 Å². The number of aliphatic hydroxyl groups is 1. The van der Waals surface area contributed by atoms with Crippen LogP contribution in [0.5, 0.6) is 0 Å². The highest BCUT2D eigenvalue weighted by Crippen LogP contribution is 2.16. The van der Waals surface area contributed by atoms with Crippen molar-refractivity contribution in [2.24, 2.45) is 5.92 Å². The molecule has 0 aromatic heterocycles. The predicted octanol–water partition coefficient (Wildman–Crippen LogP) is 1.93. The van der Waals surface area contributed by atoms with Gasteiger partial charge in [0, 0.05) is 24.6 Å². The number of piperidine rings is 1. The van der Waals surface area contributed by atoms with Crippen LogP contribution < -0.4 is 10.6 Å². The van der Waals surface area contributed by atoms with Crippen LogP contribution in [0.3, 0.4) is 0 Å². The average molecular weight is 313 g/mol. The lowest BCUT2D eigenvalue weighted by Gasteiger charge is -2.28. The number of nitrogens with one attached hydrogen (secondary N) is 2. The molecule has 0 radical (unpaired) electrons. The molecule has 1 fully saturated rings. The molecule has 1 aromatic carbocycles. The smallest absolute Gasteiger partial charge is 0.251 e. The SMILES string of the molecule is CC(C)c1cccc(C(=O)NC[C@@H]2CCNC[C@H]2O)c1.Cl. The Kier molecular flexibility index (Phi) is 7.15. The van der Waals surface area contributed by atoms with Crippen molar-refractivity contribution in [2.45, 2.75) is 32.3 Å². The predicted molar refractivity (Wildman–Crippen MR) is 87.1 cm³/mol. The summed E-state index contributed by atoms with van der Waals surface area (Å²) in [6.45, 7) is 6.28. The minimum atomic E-state index is -0.369. The summed E-state index contributed by atoms with van der Waals surface area (Å²) < 4.78 is 0. The van der Waals surface area contributed by atoms with E-state index in [0.717, 1.165) is 13.0 Å². The van der Waals surface area contributed by atoms with Crippen molar-refractivity contribution < 1.29 is 9.90 Å². The molecule has 1 saturated heterocycles. The molecule has 21 heavy (non-hydrogen) atoms. The Morgan fingerprint density at radius 3 is 2.90 bits per heavy atom. The summed E-state index contributed by atoms with van der Waals surface area (Å²) in [4.78, 5) is 12.2. The van der Waals surface area contributed by atoms with Crippen molar-refractivity contribution in [1.82, 2.24) is 10.6 Å². The van der Waals surface area contributed by atoms with Crippen LogP contribution in [-0.4, -0.2) is 36.8 Å². The van der Waals surface area contributed by atoms with Crippen molar-refractivity contribution in [3.8, 4) is 0 Å². The first-order chi connectivity index (χ1) is 9.58. The van der Waals surface area contributed by atoms with E-state index in [0.29, 0.717) is 24.6 Å². The second kappa shape index (κ2) is 8.37. The Morgan fingerprint density at radius 1 is 1.48 bits per heavy atom. The van der Waals surface area contributed by atoms with Gasteiger partial charge in [0.1, 0.15) is 0 Å². The zero-order valence-corrected chi connectivity index (χ0v) is 13.5. The molecule has 0 unspecified atom stereocenters. The van der Waals surface area contributed by atoms with Gasteiger partial charge in [0.2, 0.25) is 0 Å². The van der Waals surface area contributed by atoms with Gasteiger partial charge in [-0.25, -0.2) is 0 Å². The van der Waals surface area contributed by atoms with Crippen molar-refractivity contribution in [2.75, 3.05) is 19.6 Å². The highest BCUT2D eigenvalue weighted by atomic mass is 35.5. The van der Waals surface area contributed by atoms with Gasteiger partial charge < -0.3 is 15.7 Å². The monoisotopic (exact) mass is 312 g/mol. The molecule has 3 N–H and O–H groups in total. The minimum absolute atomic E-state index is 0. The minimum Gasteiger partial charge on any atom is -0.391 e. The molecular weight excluding hydrogens is 288 g/mol. The quantitative estimate of drug-likeness (QED) is 0.796. The Labute approximate surface area is 132 Å². The molecular formula is C16H25ClN2O2. The summed E-state index contributed by atoms with van der Waals surface area (Å²) in [5.41, 5.74) is 1.86. The molecule has 1 aliphatic rings. The van der Waals surface area contributed by atoms with Crippen molar-refractivity contribution in [3.63, 3.8) is 0 Å². The van der Waals surface area contributed by atoms with Gasteiger partial charge in [0.05, 0.1) is 6.10 Å². The van der Waals surface area contributed by atoms with Crippen LogP contribution in [0.2, 0.25) is 0 Å². The second-order valence-corrected chi connectivity index (χ2v) is 5.81. The van der Waals surface area contributed by atoms with E-state index in [1.807, 2.05) is 24.3 Å². The average Bonchev–Trinajstić information content (AvgIpc) is 2.46. The standard InChI is InChI=1S/C16H24N2O2.ClH/c1-11(2)12-4-3-5-13(8-12)16(20)18-9-14-6-7-17-10-15(14)19;/h3-5,8,11,14-15,17,19H,6-7,9-10H2,1-2H3,(H,18,20);1H/t14-,15+;/m0./s1. The van der Waals surface area contributed by atoms with E-state index >= 15 is 0 Å². The number of carbonyl (C=O) groups excluding carboxylic acids is 1. The molecule has 1 aromatic rings. The molecule has 1 heterocycles. The van der Waals surface area contributed by atoms with Gasteiger partial charge in [-0.15, -0.1) is 12.4 Å². The van der Waals surface area contributed by atoms with E-state index in [1.165, 1.54) is 5.56 Å². The normalized spacial score (nSPS) is 21.7. The Balaban J connectivity index is 0.00000220. The molecule has 0 spiro atoms. The number of hydrogen-bond acceptors (Lipinski definition) is 3. The molecule has 2 rings (SSSR count). The first-order valence-corrected chi connectivity index (χ1v) is 7.35. The maximum atomic E-state index is 12.2. The number of carbonyl (C=O) groups is 1. The third-order valence-corrected chi connectivity index (χ3v) is 3.93. The fraction of sp³-hybridized carbons (Fsp3) is 0.562. The summed E-state index contributed by atoms with van der Waals surface area (Å²) in [6.07, 6.45) is 0.527. The van der Waals surface area contributed by atoms with Gasteiger partial charge in [-0.1, -0.05) is 26.0 Å². The highest BCUT2D eigenvalue weighted by molar-refractivity contribution is 5.94. The molecule has 1 amide bonds. The van der Waals surface area contributed by atoms with Crippen LogP contribution in [0.15, 0.2) is 24.3 Å². The molecule has 118 valence electrons. The Bertz CT molecular complexity index is 465. The summed E-state index contributed by atoms with van der Waals surface area (Å²) in [7, 11) is 0. The maximum absolute atomic E-state index is 12.2. The van der Waals surface area contributed by atoms with Crippen LogP contribution in [0.4, 0.5) is 0 Å². The summed E-state index contributed by atoms with van der Waals surface area (Å²) in [5.74, 6) is 0.501. The first-order valence-electron chi connectivity index (χ1n) is 7.35. The molecule has 4 nitrogen and oxygen atoms in total. The molecule has 0 saturated carbocycles. The van der Waals surface area contributed by atoms with Crippen molar-refractivity contribution in [1.29, 1.82) is 0 Å². The zero-order chi connectivity index (χ0) is 14.5. The van der Waals surface area contributed by atoms with Crippen LogP contribution in [0.25, 0.3) is 0 Å². The van der Waals surface area contributed by atoms with E-state index in [-0.39, 0.29) is 30.3 Å². The number of β-amino-alcohol motifs (C(OH)–C–C–N with tert-alkyl or cyclic N) is 1. The van der Waals surface area contributed by atoms with Gasteiger partial charge in [-0.05, 0) is 36.6 Å². The largest absolute Gasteiger partial charge is 0.391 e. The zero-order valence-electron chi connectivity index (χ0n) is 12.6. The lowest BCUT2D eigenvalue weighted by atomic mass is 9.95. The lowest BCUT2D eigenvalue weighted by molar-refractivity contribution is 0.0753. The molecule has 5 heteroatoms. The van der Waals surface area contributed by atoms with Crippen molar-refractivity contribution in [3.05, 3.63) is 35.4 Å². The number of hydrogen-bond donors (Lipinski definition) is 3. The number of halogens is 1. The van der Waals surface area contributed by atoms with Crippen LogP contribution >= 0.6 is 12.4 Å². The van der Waals surface area contributed by atoms with E-state index in [9.17, 15) is 9.90 Å². The van der Waals surface area contributed by atoms with E-state index in [2.05, 4.69) is 24.5 Å². The highest BCUT2D eigenvalue weighted by Gasteiger charge is 2.23. The van der Waals surface area contributed by atoms with Gasteiger partial charge >= 0.3 is 0 Å². The Morgan fingerprint density at radius 2 is 2.24 bits per heavy atom. The van der Waals surface area contributed by atoms with Crippen LogP contribution in [0.1, 0.15) is 42.1 Å². The van der Waals surface area contributed by atoms with Gasteiger partial charge in [0.15, 0.2) is 0 Å². The summed E-state index contributed by atoms with van der Waals surface area (Å²) in [5, 5.41) is 15.9. The number of amides is 1. The fourth-order valence-corrected chi connectivity index (χ4v) is 2.50. The maximum Gasteiger partial charge on any atom is 0.251 e. The summed E-state index contributed by atoms with van der Waals surface area (Å²) in [6, 6.07) is 7.74. The Hall–Kier alpha value is -1.10. The molecule has 0 bridgehead atoms. The van der Waals surface area contributed by atoms with E-state index < -0.39 is 0 Å². The lowest BCUT2D eigenvalue weighted by Crippen LogP contribution is -2.45. The van der Waals surface area contributed by atoms with Gasteiger partial charge in [-0.2, -0.15) is 0 Å². The molecule has 1 aliphatic heterocycles. The summed E-state index contributed by atoms with van der Waals surface area (Å²) >= 11 is 0. The number of rotatable bonds is 4. The van der Waals surface area contributed by atoms with Gasteiger partial charge in [-0.3, -0.25) is 4.79 Å². The number of aliphatic hydroxyl groups excluding tert-OH is 1. The van der Waals surface area contributed by atoms with Gasteiger partial charge in [0.25, 0.3) is 5.91 Å². The first kappa shape index (κ1) is 18.0. The van der Waals surface area contributed by atoms with E-state index in [1.54, 1.807) is 0 Å². The van der Waals surface area contributed by atoms with Crippen molar-refractivity contribution >= 4 is 18.3 Å². The fourth-order valence-electron chi connectivity index (χ4n) is 2.50. The molecule has 0 aliphatic carbocycles. The second-order valence-electron chi connectivity index (χ2n) is 5.81. The number of benzene rings is 1. The third kappa shape index (κ3) is 4.99. The van der Waals surface area contributed by atoms with Crippen LogP contribution in [0, 0.1) is 5.92 Å². The molecule has 2 atom stereocenters. The third-order valence-electron chi connectivity index (χ3n) is 3.93. The topological polar surface area (TPSA) is 61.4 Å². The van der Waals surface area contributed by atoms with Crippen LogP contribution in [-0.2, 0) is 0 Å².